The Kier molecular flexibility index (Phi) is 5.52. The number of pyridine rings is 1. The molecule has 140 valence electrons. The zero-order valence-corrected chi connectivity index (χ0v) is 16.2. The first kappa shape index (κ1) is 17.9. The quantitative estimate of drug-likeness (QED) is 0.773. The molecule has 0 amide bonds. The molecular weight excluding hydrogens is 346 g/mol. The molecule has 4 heterocycles. The summed E-state index contributed by atoms with van der Waals surface area (Å²) >= 11 is 1.77. The molecule has 0 bridgehead atoms. The monoisotopic (exact) mass is 373 g/mol. The van der Waals surface area contributed by atoms with Gasteiger partial charge in [0.25, 0.3) is 0 Å². The highest BCUT2D eigenvalue weighted by Gasteiger charge is 2.45. The van der Waals surface area contributed by atoms with Gasteiger partial charge in [0.2, 0.25) is 5.88 Å². The van der Waals surface area contributed by atoms with E-state index in [4.69, 9.17) is 9.47 Å². The highest BCUT2D eigenvalue weighted by Crippen LogP contribution is 2.42. The van der Waals surface area contributed by atoms with Gasteiger partial charge in [-0.15, -0.1) is 11.3 Å². The lowest BCUT2D eigenvalue weighted by atomic mass is 9.78. The van der Waals surface area contributed by atoms with E-state index < -0.39 is 0 Å². The Balaban J connectivity index is 1.28. The molecule has 0 N–H and O–H groups in total. The van der Waals surface area contributed by atoms with Crippen LogP contribution in [0.2, 0.25) is 0 Å². The van der Waals surface area contributed by atoms with Gasteiger partial charge in [0.05, 0.1) is 23.4 Å². The van der Waals surface area contributed by atoms with Gasteiger partial charge in [-0.05, 0) is 44.6 Å². The fourth-order valence-electron chi connectivity index (χ4n) is 4.25. The Morgan fingerprint density at radius 3 is 2.92 bits per heavy atom. The van der Waals surface area contributed by atoms with Crippen LogP contribution >= 0.6 is 11.3 Å². The van der Waals surface area contributed by atoms with Crippen molar-refractivity contribution in [1.29, 1.82) is 0 Å². The van der Waals surface area contributed by atoms with Crippen LogP contribution in [0, 0.1) is 12.8 Å². The van der Waals surface area contributed by atoms with Crippen molar-refractivity contribution in [2.75, 3.05) is 26.3 Å². The Labute approximate surface area is 159 Å². The molecular formula is C20H27N3O2S. The van der Waals surface area contributed by atoms with E-state index in [9.17, 15) is 0 Å². The van der Waals surface area contributed by atoms with Gasteiger partial charge in [-0.3, -0.25) is 4.90 Å². The molecule has 1 atom stereocenters. The lowest BCUT2D eigenvalue weighted by molar-refractivity contribution is -0.0708. The fraction of sp³-hybridized carbons (Fsp3) is 0.600. The maximum atomic E-state index is 6.30. The zero-order chi connectivity index (χ0) is 17.8. The van der Waals surface area contributed by atoms with Crippen LogP contribution in [0.5, 0.6) is 5.88 Å². The summed E-state index contributed by atoms with van der Waals surface area (Å²) in [4.78, 5) is 12.6. The number of thiazole rings is 1. The first-order chi connectivity index (χ1) is 12.8. The summed E-state index contributed by atoms with van der Waals surface area (Å²) in [7, 11) is 0. The lowest BCUT2D eigenvalue weighted by Gasteiger charge is -2.42. The van der Waals surface area contributed by atoms with E-state index in [1.54, 1.807) is 17.5 Å². The van der Waals surface area contributed by atoms with Crippen molar-refractivity contribution in [3.8, 4) is 5.88 Å². The van der Waals surface area contributed by atoms with Gasteiger partial charge in [-0.2, -0.15) is 0 Å². The van der Waals surface area contributed by atoms with Gasteiger partial charge < -0.3 is 9.47 Å². The molecule has 2 aliphatic rings. The maximum absolute atomic E-state index is 6.30. The number of aryl methyl sites for hydroxylation is 1. The topological polar surface area (TPSA) is 47.5 Å². The largest absolute Gasteiger partial charge is 0.478 e. The number of piperidine rings is 1. The molecule has 0 unspecified atom stereocenters. The highest BCUT2D eigenvalue weighted by molar-refractivity contribution is 7.09. The Hall–Kier alpha value is -1.50. The van der Waals surface area contributed by atoms with Gasteiger partial charge in [-0.1, -0.05) is 6.07 Å². The average Bonchev–Trinajstić information content (AvgIpc) is 3.25. The summed E-state index contributed by atoms with van der Waals surface area (Å²) < 4.78 is 12.1. The van der Waals surface area contributed by atoms with Gasteiger partial charge >= 0.3 is 0 Å². The molecule has 6 heteroatoms. The summed E-state index contributed by atoms with van der Waals surface area (Å²) in [6.07, 6.45) is 6.22. The van der Waals surface area contributed by atoms with Gasteiger partial charge in [0.1, 0.15) is 0 Å². The number of likely N-dealkylation sites (tertiary alicyclic amines) is 1. The van der Waals surface area contributed by atoms with E-state index in [2.05, 4.69) is 21.8 Å². The normalized spacial score (nSPS) is 22.7. The van der Waals surface area contributed by atoms with Crippen LogP contribution in [0.25, 0.3) is 0 Å². The molecule has 4 rings (SSSR count). The highest BCUT2D eigenvalue weighted by atomic mass is 32.1. The zero-order valence-electron chi connectivity index (χ0n) is 15.4. The smallest absolute Gasteiger partial charge is 0.213 e. The Morgan fingerprint density at radius 1 is 1.31 bits per heavy atom. The molecule has 0 radical (unpaired) electrons. The van der Waals surface area contributed by atoms with E-state index in [0.717, 1.165) is 64.4 Å². The Bertz CT molecular complexity index is 698. The van der Waals surface area contributed by atoms with Crippen molar-refractivity contribution < 1.29 is 9.47 Å². The first-order valence-corrected chi connectivity index (χ1v) is 10.4. The van der Waals surface area contributed by atoms with Gasteiger partial charge in [-0.25, -0.2) is 9.97 Å². The van der Waals surface area contributed by atoms with Crippen LogP contribution in [-0.2, 0) is 11.3 Å². The number of rotatable bonds is 6. The number of nitrogens with zero attached hydrogens (tertiary/aromatic N) is 3. The molecule has 0 aromatic carbocycles. The van der Waals surface area contributed by atoms with Crippen molar-refractivity contribution in [2.45, 2.75) is 44.8 Å². The molecule has 2 aromatic rings. The van der Waals surface area contributed by atoms with Crippen LogP contribution in [0.1, 0.15) is 36.3 Å². The van der Waals surface area contributed by atoms with Crippen LogP contribution in [-0.4, -0.2) is 46.8 Å². The van der Waals surface area contributed by atoms with Crippen molar-refractivity contribution in [3.05, 3.63) is 40.5 Å². The summed E-state index contributed by atoms with van der Waals surface area (Å²) in [5.74, 6) is 1.31. The second-order valence-electron chi connectivity index (χ2n) is 7.34. The first-order valence-electron chi connectivity index (χ1n) is 9.54. The minimum absolute atomic E-state index is 0.0622. The van der Waals surface area contributed by atoms with Crippen LogP contribution in [0.4, 0.5) is 0 Å². The molecule has 5 nitrogen and oxygen atoms in total. The molecule has 2 saturated heterocycles. The summed E-state index contributed by atoms with van der Waals surface area (Å²) in [5.41, 5.74) is 3.19. The fourth-order valence-corrected chi connectivity index (χ4v) is 5.07. The Morgan fingerprint density at radius 2 is 2.19 bits per heavy atom. The molecule has 0 aliphatic carbocycles. The SMILES string of the molecule is Cc1ncsc1CN1CCC2(CC1)OCC[C@H]2CCOc1ccccn1. The molecule has 1 spiro atoms. The van der Waals surface area contributed by atoms with E-state index in [1.807, 2.05) is 23.7 Å². The predicted octanol–water partition coefficient (Wildman–Crippen LogP) is 3.69. The minimum atomic E-state index is 0.0622. The van der Waals surface area contributed by atoms with E-state index in [-0.39, 0.29) is 5.60 Å². The number of hydrogen-bond donors (Lipinski definition) is 0. The lowest BCUT2D eigenvalue weighted by Crippen LogP contribution is -2.47. The maximum Gasteiger partial charge on any atom is 0.213 e. The number of aromatic nitrogens is 2. The molecule has 2 aromatic heterocycles. The third kappa shape index (κ3) is 3.92. The van der Waals surface area contributed by atoms with Gasteiger partial charge in [0.15, 0.2) is 0 Å². The average molecular weight is 374 g/mol. The van der Waals surface area contributed by atoms with Crippen LogP contribution < -0.4 is 4.74 Å². The third-order valence-corrected chi connectivity index (χ3v) is 6.79. The second-order valence-corrected chi connectivity index (χ2v) is 8.28. The van der Waals surface area contributed by atoms with E-state index >= 15 is 0 Å². The van der Waals surface area contributed by atoms with Crippen LogP contribution in [0.3, 0.4) is 0 Å². The summed E-state index contributed by atoms with van der Waals surface area (Å²) in [5, 5.41) is 0. The van der Waals surface area contributed by atoms with Crippen molar-refractivity contribution in [1.82, 2.24) is 14.9 Å². The summed E-state index contributed by atoms with van der Waals surface area (Å²) in [6, 6.07) is 5.79. The third-order valence-electron chi connectivity index (χ3n) is 5.87. The number of hydrogen-bond acceptors (Lipinski definition) is 6. The second kappa shape index (κ2) is 8.03. The van der Waals surface area contributed by atoms with Crippen molar-refractivity contribution in [2.24, 2.45) is 5.92 Å². The van der Waals surface area contributed by atoms with Gasteiger partial charge in [0, 0.05) is 43.4 Å². The standard InChI is InChI=1S/C20H27N3O2S/c1-16-18(26-15-22-16)14-23-10-7-20(8-11-23)17(6-13-25-20)5-12-24-19-4-2-3-9-21-19/h2-4,9,15,17H,5-8,10-14H2,1H3/t17-/m1/s1. The molecule has 2 aliphatic heterocycles. The minimum Gasteiger partial charge on any atom is -0.478 e. The van der Waals surface area contributed by atoms with Crippen molar-refractivity contribution in [3.63, 3.8) is 0 Å². The molecule has 2 fully saturated rings. The van der Waals surface area contributed by atoms with Crippen LogP contribution in [0.15, 0.2) is 29.9 Å². The number of ether oxygens (including phenoxy) is 2. The molecule has 0 saturated carbocycles. The van der Waals surface area contributed by atoms with Crippen molar-refractivity contribution >= 4 is 11.3 Å². The van der Waals surface area contributed by atoms with E-state index in [1.165, 1.54) is 10.6 Å². The predicted molar refractivity (Wildman–Crippen MR) is 103 cm³/mol. The molecule has 26 heavy (non-hydrogen) atoms. The summed E-state index contributed by atoms with van der Waals surface area (Å²) in [6.45, 7) is 6.96. The van der Waals surface area contributed by atoms with E-state index in [0.29, 0.717) is 5.92 Å².